The molecule has 17 heavy (non-hydrogen) atoms. The summed E-state index contributed by atoms with van der Waals surface area (Å²) in [4.78, 5) is 17.9. The van der Waals surface area contributed by atoms with Gasteiger partial charge in [0.2, 0.25) is 0 Å². The Labute approximate surface area is 107 Å². The molecule has 0 saturated heterocycles. The fourth-order valence-electron chi connectivity index (χ4n) is 1.49. The second kappa shape index (κ2) is 7.25. The van der Waals surface area contributed by atoms with Crippen molar-refractivity contribution >= 4 is 17.5 Å². The van der Waals surface area contributed by atoms with E-state index in [4.69, 9.17) is 11.6 Å². The fourth-order valence-corrected chi connectivity index (χ4v) is 1.65. The van der Waals surface area contributed by atoms with Crippen LogP contribution in [0.2, 0.25) is 5.02 Å². The summed E-state index contributed by atoms with van der Waals surface area (Å²) < 4.78 is 0. The molecule has 0 aliphatic heterocycles. The van der Waals surface area contributed by atoms with Gasteiger partial charge in [-0.05, 0) is 25.2 Å². The van der Waals surface area contributed by atoms with E-state index in [1.807, 2.05) is 0 Å². The van der Waals surface area contributed by atoms with Gasteiger partial charge in [0.25, 0.3) is 5.91 Å². The Bertz CT molecular complexity index is 367. The number of likely N-dealkylation sites (N-methyl/N-ethyl adjacent to an activating group) is 1. The SMILES string of the molecule is CCN(CC)CCNC(=O)c1cc(Cl)ccn1. The van der Waals surface area contributed by atoms with E-state index in [0.29, 0.717) is 17.3 Å². The molecule has 0 radical (unpaired) electrons. The minimum atomic E-state index is -0.181. The molecule has 0 aromatic carbocycles. The Hall–Kier alpha value is -1.13. The summed E-state index contributed by atoms with van der Waals surface area (Å²) in [5.74, 6) is -0.181. The predicted octanol–water partition coefficient (Wildman–Crippen LogP) is 1.81. The second-order valence-electron chi connectivity index (χ2n) is 3.64. The van der Waals surface area contributed by atoms with Gasteiger partial charge < -0.3 is 10.2 Å². The maximum atomic E-state index is 11.7. The molecule has 1 N–H and O–H groups in total. The van der Waals surface area contributed by atoms with Gasteiger partial charge in [0, 0.05) is 24.3 Å². The summed E-state index contributed by atoms with van der Waals surface area (Å²) in [7, 11) is 0. The first-order valence-electron chi connectivity index (χ1n) is 5.79. The lowest BCUT2D eigenvalue weighted by Gasteiger charge is -2.17. The third-order valence-electron chi connectivity index (χ3n) is 2.56. The highest BCUT2D eigenvalue weighted by Crippen LogP contribution is 2.07. The zero-order valence-electron chi connectivity index (χ0n) is 10.2. The van der Waals surface area contributed by atoms with E-state index in [-0.39, 0.29) is 5.91 Å². The standard InChI is InChI=1S/C12H18ClN3O/c1-3-16(4-2)8-7-15-12(17)11-9-10(13)5-6-14-11/h5-6,9H,3-4,7-8H2,1-2H3,(H,15,17). The first kappa shape index (κ1) is 13.9. The number of carbonyl (C=O) groups excluding carboxylic acids is 1. The predicted molar refractivity (Wildman–Crippen MR) is 69.4 cm³/mol. The van der Waals surface area contributed by atoms with E-state index in [0.717, 1.165) is 19.6 Å². The fraction of sp³-hybridized carbons (Fsp3) is 0.500. The van der Waals surface area contributed by atoms with Crippen LogP contribution in [0.25, 0.3) is 0 Å². The van der Waals surface area contributed by atoms with Crippen LogP contribution in [0, 0.1) is 0 Å². The molecule has 1 aromatic rings. The number of pyridine rings is 1. The molecule has 0 spiro atoms. The number of halogens is 1. The van der Waals surface area contributed by atoms with Gasteiger partial charge in [-0.1, -0.05) is 25.4 Å². The van der Waals surface area contributed by atoms with Crippen molar-refractivity contribution < 1.29 is 4.79 Å². The van der Waals surface area contributed by atoms with E-state index >= 15 is 0 Å². The highest BCUT2D eigenvalue weighted by Gasteiger charge is 2.07. The highest BCUT2D eigenvalue weighted by atomic mass is 35.5. The first-order chi connectivity index (χ1) is 8.17. The molecule has 0 unspecified atom stereocenters. The van der Waals surface area contributed by atoms with Gasteiger partial charge in [-0.3, -0.25) is 9.78 Å². The molecule has 1 rings (SSSR count). The molecule has 0 aliphatic rings. The lowest BCUT2D eigenvalue weighted by atomic mass is 10.3. The summed E-state index contributed by atoms with van der Waals surface area (Å²) >= 11 is 5.79. The van der Waals surface area contributed by atoms with Crippen LogP contribution < -0.4 is 5.32 Å². The van der Waals surface area contributed by atoms with Gasteiger partial charge in [-0.25, -0.2) is 0 Å². The van der Waals surface area contributed by atoms with Crippen molar-refractivity contribution in [2.45, 2.75) is 13.8 Å². The number of hydrogen-bond donors (Lipinski definition) is 1. The second-order valence-corrected chi connectivity index (χ2v) is 4.08. The van der Waals surface area contributed by atoms with Crippen LogP contribution >= 0.6 is 11.6 Å². The van der Waals surface area contributed by atoms with Crippen molar-refractivity contribution in [3.05, 3.63) is 29.0 Å². The summed E-state index contributed by atoms with van der Waals surface area (Å²) in [6, 6.07) is 3.21. The number of rotatable bonds is 6. The number of nitrogens with zero attached hydrogens (tertiary/aromatic N) is 2. The molecule has 1 amide bonds. The third-order valence-corrected chi connectivity index (χ3v) is 2.80. The van der Waals surface area contributed by atoms with Crippen LogP contribution in [-0.4, -0.2) is 42.0 Å². The summed E-state index contributed by atoms with van der Waals surface area (Å²) in [6.07, 6.45) is 1.53. The number of nitrogens with one attached hydrogen (secondary N) is 1. The van der Waals surface area contributed by atoms with Gasteiger partial charge in [0.1, 0.15) is 5.69 Å². The molecule has 1 heterocycles. The van der Waals surface area contributed by atoms with Gasteiger partial charge in [0.05, 0.1) is 0 Å². The van der Waals surface area contributed by atoms with E-state index in [9.17, 15) is 4.79 Å². The normalized spacial score (nSPS) is 10.6. The molecule has 4 nitrogen and oxygen atoms in total. The van der Waals surface area contributed by atoms with Crippen LogP contribution in [0.1, 0.15) is 24.3 Å². The number of amides is 1. The average Bonchev–Trinajstić information content (AvgIpc) is 2.34. The van der Waals surface area contributed by atoms with Crippen molar-refractivity contribution in [3.8, 4) is 0 Å². The molecule has 0 atom stereocenters. The van der Waals surface area contributed by atoms with Gasteiger partial charge in [0.15, 0.2) is 0 Å². The third kappa shape index (κ3) is 4.71. The molecule has 0 aliphatic carbocycles. The first-order valence-corrected chi connectivity index (χ1v) is 6.17. The van der Waals surface area contributed by atoms with E-state index < -0.39 is 0 Å². The van der Waals surface area contributed by atoms with Crippen LogP contribution in [0.3, 0.4) is 0 Å². The van der Waals surface area contributed by atoms with Crippen LogP contribution in [0.4, 0.5) is 0 Å². The Morgan fingerprint density at radius 2 is 2.18 bits per heavy atom. The summed E-state index contributed by atoms with van der Waals surface area (Å²) in [5.41, 5.74) is 0.358. The summed E-state index contributed by atoms with van der Waals surface area (Å²) in [6.45, 7) is 7.64. The molecule has 94 valence electrons. The average molecular weight is 256 g/mol. The van der Waals surface area contributed by atoms with Crippen LogP contribution in [0.5, 0.6) is 0 Å². The molecular weight excluding hydrogens is 238 g/mol. The van der Waals surface area contributed by atoms with Gasteiger partial charge >= 0.3 is 0 Å². The van der Waals surface area contributed by atoms with E-state index in [2.05, 4.69) is 29.0 Å². The van der Waals surface area contributed by atoms with Crippen LogP contribution in [0.15, 0.2) is 18.3 Å². The maximum Gasteiger partial charge on any atom is 0.269 e. The van der Waals surface area contributed by atoms with Crippen LogP contribution in [-0.2, 0) is 0 Å². The van der Waals surface area contributed by atoms with Gasteiger partial charge in [-0.2, -0.15) is 0 Å². The van der Waals surface area contributed by atoms with Crippen molar-refractivity contribution in [1.29, 1.82) is 0 Å². The van der Waals surface area contributed by atoms with Crippen molar-refractivity contribution in [2.24, 2.45) is 0 Å². The minimum Gasteiger partial charge on any atom is -0.349 e. The molecule has 0 bridgehead atoms. The number of carbonyl (C=O) groups is 1. The molecule has 1 aromatic heterocycles. The Balaban J connectivity index is 2.40. The number of hydrogen-bond acceptors (Lipinski definition) is 3. The lowest BCUT2D eigenvalue weighted by Crippen LogP contribution is -2.35. The van der Waals surface area contributed by atoms with Crippen molar-refractivity contribution in [2.75, 3.05) is 26.2 Å². The maximum absolute atomic E-state index is 11.7. The monoisotopic (exact) mass is 255 g/mol. The van der Waals surface area contributed by atoms with Gasteiger partial charge in [-0.15, -0.1) is 0 Å². The number of aromatic nitrogens is 1. The zero-order valence-corrected chi connectivity index (χ0v) is 11.0. The van der Waals surface area contributed by atoms with Crippen molar-refractivity contribution in [1.82, 2.24) is 15.2 Å². The summed E-state index contributed by atoms with van der Waals surface area (Å²) in [5, 5.41) is 3.35. The molecule has 0 fully saturated rings. The van der Waals surface area contributed by atoms with Crippen molar-refractivity contribution in [3.63, 3.8) is 0 Å². The topological polar surface area (TPSA) is 45.2 Å². The smallest absolute Gasteiger partial charge is 0.269 e. The van der Waals surface area contributed by atoms with E-state index in [1.165, 1.54) is 6.20 Å². The molecular formula is C12H18ClN3O. The Morgan fingerprint density at radius 3 is 2.76 bits per heavy atom. The Morgan fingerprint density at radius 1 is 1.47 bits per heavy atom. The molecule has 0 saturated carbocycles. The zero-order chi connectivity index (χ0) is 12.7. The lowest BCUT2D eigenvalue weighted by molar-refractivity contribution is 0.0944. The van der Waals surface area contributed by atoms with E-state index in [1.54, 1.807) is 12.1 Å². The minimum absolute atomic E-state index is 0.181. The molecule has 5 heteroatoms. The largest absolute Gasteiger partial charge is 0.349 e. The Kier molecular flexibility index (Phi) is 5.94. The highest BCUT2D eigenvalue weighted by molar-refractivity contribution is 6.30. The quantitative estimate of drug-likeness (QED) is 0.843.